The Balaban J connectivity index is 0.000000261. The Labute approximate surface area is 68.7 Å². The Morgan fingerprint density at radius 1 is 1.92 bits per heavy atom. The molecule has 1 rings (SSSR count). The van der Waals surface area contributed by atoms with Crippen LogP contribution in [0, 0.1) is 17.0 Å². The second-order valence-electron chi connectivity index (χ2n) is 1.87. The van der Waals surface area contributed by atoms with Gasteiger partial charge in [0.2, 0.25) is 0 Å². The number of aryl methyl sites for hydroxylation is 1. The van der Waals surface area contributed by atoms with E-state index in [2.05, 4.69) is 16.5 Å². The van der Waals surface area contributed by atoms with Crippen LogP contribution in [0.15, 0.2) is 12.8 Å². The molecule has 0 saturated carbocycles. The normalized spacial score (nSPS) is 8.08. The van der Waals surface area contributed by atoms with E-state index in [-0.39, 0.29) is 0 Å². The number of rotatable bonds is 1. The van der Waals surface area contributed by atoms with Crippen molar-refractivity contribution < 1.29 is 10.3 Å². The molecule has 0 amide bonds. The fourth-order valence-corrected chi connectivity index (χ4v) is 0.544. The molecule has 1 aromatic heterocycles. The summed E-state index contributed by atoms with van der Waals surface area (Å²) in [6, 6.07) is 0. The molecule has 66 valence electrons. The van der Waals surface area contributed by atoms with Crippen molar-refractivity contribution in [2.45, 2.75) is 6.92 Å². The van der Waals surface area contributed by atoms with E-state index in [1.807, 2.05) is 6.92 Å². The maximum Gasteiger partial charge on any atom is 0.291 e. The first-order valence-corrected chi connectivity index (χ1v) is 3.03. The summed E-state index contributed by atoms with van der Waals surface area (Å²) < 4.78 is 0. The molecule has 12 heavy (non-hydrogen) atoms. The SMILES string of the molecule is C=Cc1cnc(C)[nH]1.O=[N+]([O-])O. The first-order chi connectivity index (χ1) is 5.56. The average molecular weight is 171 g/mol. The summed E-state index contributed by atoms with van der Waals surface area (Å²) in [7, 11) is 0. The van der Waals surface area contributed by atoms with Crippen molar-refractivity contribution in [2.24, 2.45) is 0 Å². The zero-order valence-corrected chi connectivity index (χ0v) is 6.52. The van der Waals surface area contributed by atoms with Crippen LogP contribution < -0.4 is 0 Å². The molecule has 0 bridgehead atoms. The summed E-state index contributed by atoms with van der Waals surface area (Å²) in [6.07, 6.45) is 3.49. The zero-order valence-electron chi connectivity index (χ0n) is 6.52. The van der Waals surface area contributed by atoms with E-state index in [1.54, 1.807) is 12.3 Å². The smallest absolute Gasteiger partial charge is 0.291 e. The molecule has 6 nitrogen and oxygen atoms in total. The van der Waals surface area contributed by atoms with Gasteiger partial charge in [0.15, 0.2) is 0 Å². The van der Waals surface area contributed by atoms with Gasteiger partial charge in [0.1, 0.15) is 5.82 Å². The monoisotopic (exact) mass is 171 g/mol. The van der Waals surface area contributed by atoms with Gasteiger partial charge in [0.05, 0.1) is 11.9 Å². The lowest BCUT2D eigenvalue weighted by molar-refractivity contribution is -0.742. The van der Waals surface area contributed by atoms with Crippen LogP contribution in [-0.4, -0.2) is 20.3 Å². The van der Waals surface area contributed by atoms with E-state index >= 15 is 0 Å². The molecule has 6 heteroatoms. The fourth-order valence-electron chi connectivity index (χ4n) is 0.544. The maximum atomic E-state index is 8.36. The Morgan fingerprint density at radius 2 is 2.42 bits per heavy atom. The predicted molar refractivity (Wildman–Crippen MR) is 42.2 cm³/mol. The molecule has 0 saturated heterocycles. The largest absolute Gasteiger partial charge is 0.343 e. The number of imidazole rings is 1. The van der Waals surface area contributed by atoms with E-state index in [4.69, 9.17) is 15.3 Å². The third kappa shape index (κ3) is 4.98. The number of nitrogens with one attached hydrogen (secondary N) is 1. The lowest BCUT2D eigenvalue weighted by Crippen LogP contribution is -1.81. The Bertz CT molecular complexity index is 265. The highest BCUT2D eigenvalue weighted by molar-refractivity contribution is 5.39. The van der Waals surface area contributed by atoms with Crippen LogP contribution in [0.2, 0.25) is 0 Å². The quantitative estimate of drug-likeness (QED) is 0.487. The Morgan fingerprint density at radius 3 is 2.58 bits per heavy atom. The van der Waals surface area contributed by atoms with Gasteiger partial charge in [-0.3, -0.25) is 0 Å². The Kier molecular flexibility index (Phi) is 4.13. The first-order valence-electron chi connectivity index (χ1n) is 3.03. The van der Waals surface area contributed by atoms with E-state index in [1.165, 1.54) is 0 Å². The molecular weight excluding hydrogens is 162 g/mol. The summed E-state index contributed by atoms with van der Waals surface area (Å²) >= 11 is 0. The fraction of sp³-hybridized carbons (Fsp3) is 0.167. The van der Waals surface area contributed by atoms with E-state index in [9.17, 15) is 0 Å². The summed E-state index contributed by atoms with van der Waals surface area (Å²) in [6.45, 7) is 5.48. The highest BCUT2D eigenvalue weighted by atomic mass is 16.9. The van der Waals surface area contributed by atoms with Gasteiger partial charge in [-0.05, 0) is 13.0 Å². The van der Waals surface area contributed by atoms with Crippen molar-refractivity contribution in [3.8, 4) is 0 Å². The molecule has 0 aliphatic rings. The van der Waals surface area contributed by atoms with Gasteiger partial charge in [-0.1, -0.05) is 6.58 Å². The predicted octanol–water partition coefficient (Wildman–Crippen LogP) is 1.01. The first kappa shape index (κ1) is 10.2. The van der Waals surface area contributed by atoms with Gasteiger partial charge < -0.3 is 10.2 Å². The second-order valence-corrected chi connectivity index (χ2v) is 1.87. The summed E-state index contributed by atoms with van der Waals surface area (Å²) in [5, 5.41) is 13.6. The lowest BCUT2D eigenvalue weighted by atomic mass is 10.5. The standard InChI is InChI=1S/C6H8N2.HNO3/c1-3-6-4-7-5(2)8-6;2-1(3)4/h3-4H,1H2,2H3,(H,7,8);(H,2,3,4). The molecule has 0 fully saturated rings. The van der Waals surface area contributed by atoms with Crippen molar-refractivity contribution in [1.82, 2.24) is 9.97 Å². The van der Waals surface area contributed by atoms with Crippen LogP contribution in [0.3, 0.4) is 0 Å². The van der Waals surface area contributed by atoms with Crippen LogP contribution in [0.25, 0.3) is 6.08 Å². The highest BCUT2D eigenvalue weighted by Gasteiger charge is 1.86. The molecular formula is C6H9N3O3. The van der Waals surface area contributed by atoms with E-state index in [0.29, 0.717) is 0 Å². The molecule has 2 N–H and O–H groups in total. The molecule has 0 aromatic carbocycles. The summed E-state index contributed by atoms with van der Waals surface area (Å²) in [5.41, 5.74) is 0.975. The minimum Gasteiger partial charge on any atom is -0.343 e. The van der Waals surface area contributed by atoms with Gasteiger partial charge in [0, 0.05) is 0 Å². The van der Waals surface area contributed by atoms with Crippen LogP contribution in [0.5, 0.6) is 0 Å². The lowest BCUT2D eigenvalue weighted by Gasteiger charge is -1.77. The van der Waals surface area contributed by atoms with Gasteiger partial charge in [0.25, 0.3) is 5.09 Å². The number of aromatic amines is 1. The minimum absolute atomic E-state index is 0.930. The molecule has 0 aliphatic heterocycles. The molecule has 0 atom stereocenters. The molecule has 0 aliphatic carbocycles. The second kappa shape index (κ2) is 4.89. The number of H-pyrrole nitrogens is 1. The third-order valence-corrected chi connectivity index (χ3v) is 0.942. The Hall–Kier alpha value is -1.85. The average Bonchev–Trinajstić information content (AvgIpc) is 2.34. The molecule has 1 heterocycles. The van der Waals surface area contributed by atoms with Gasteiger partial charge in [-0.25, -0.2) is 4.98 Å². The van der Waals surface area contributed by atoms with Crippen LogP contribution in [0.4, 0.5) is 0 Å². The molecule has 1 aromatic rings. The third-order valence-electron chi connectivity index (χ3n) is 0.942. The van der Waals surface area contributed by atoms with Crippen LogP contribution in [-0.2, 0) is 0 Å². The molecule has 0 radical (unpaired) electrons. The number of hydrogen-bond donors (Lipinski definition) is 2. The van der Waals surface area contributed by atoms with E-state index in [0.717, 1.165) is 11.5 Å². The minimum atomic E-state index is -1.50. The zero-order chi connectivity index (χ0) is 9.56. The summed E-state index contributed by atoms with van der Waals surface area (Å²) in [4.78, 5) is 15.3. The highest BCUT2D eigenvalue weighted by Crippen LogP contribution is 1.94. The molecule has 0 unspecified atom stereocenters. The van der Waals surface area contributed by atoms with Crippen molar-refractivity contribution in [2.75, 3.05) is 0 Å². The van der Waals surface area contributed by atoms with Crippen molar-refractivity contribution >= 4 is 6.08 Å². The number of aromatic nitrogens is 2. The van der Waals surface area contributed by atoms with Crippen molar-refractivity contribution in [3.05, 3.63) is 34.4 Å². The van der Waals surface area contributed by atoms with Gasteiger partial charge in [-0.2, -0.15) is 0 Å². The van der Waals surface area contributed by atoms with Crippen LogP contribution >= 0.6 is 0 Å². The topological polar surface area (TPSA) is 92.0 Å². The van der Waals surface area contributed by atoms with Gasteiger partial charge >= 0.3 is 0 Å². The number of hydrogen-bond acceptors (Lipinski definition) is 3. The van der Waals surface area contributed by atoms with Crippen LogP contribution in [0.1, 0.15) is 11.5 Å². The number of nitrogens with zero attached hydrogens (tertiary/aromatic N) is 2. The molecule has 0 spiro atoms. The van der Waals surface area contributed by atoms with Crippen molar-refractivity contribution in [1.29, 1.82) is 0 Å². The maximum absolute atomic E-state index is 8.36. The van der Waals surface area contributed by atoms with Crippen molar-refractivity contribution in [3.63, 3.8) is 0 Å². The summed E-state index contributed by atoms with van der Waals surface area (Å²) in [5.74, 6) is 0.930. The van der Waals surface area contributed by atoms with Gasteiger partial charge in [-0.15, -0.1) is 10.1 Å². The van der Waals surface area contributed by atoms with E-state index < -0.39 is 5.09 Å².